The Kier molecular flexibility index (Phi) is 15.6. The van der Waals surface area contributed by atoms with Crippen molar-refractivity contribution >= 4 is 89.5 Å². The number of hydrogen-bond acceptors (Lipinski definition) is 7. The van der Waals surface area contributed by atoms with Crippen LogP contribution in [0.4, 0.5) is 0 Å². The largest absolute Gasteiger partial charge is 0.385 e. The molecule has 4 radical (unpaired) electrons. The van der Waals surface area contributed by atoms with E-state index in [-0.39, 0.29) is 32.8 Å². The van der Waals surface area contributed by atoms with Gasteiger partial charge < -0.3 is 5.64 Å². The van der Waals surface area contributed by atoms with E-state index < -0.39 is 27.6 Å². The molecule has 0 heterocycles. The number of halogens is 4. The molecular formula is C9H12B3Cl4N3O4. The van der Waals surface area contributed by atoms with Gasteiger partial charge in [0.1, 0.15) is 6.63 Å². The van der Waals surface area contributed by atoms with Crippen LogP contribution in [-0.2, 0) is 19.2 Å². The second-order valence-electron chi connectivity index (χ2n) is 4.11. The maximum atomic E-state index is 10.8. The molecule has 7 nitrogen and oxygen atoms in total. The Bertz CT molecular complexity index is 362. The van der Waals surface area contributed by atoms with E-state index in [4.69, 9.17) is 46.4 Å². The highest BCUT2D eigenvalue weighted by Gasteiger charge is 2.19. The third-order valence-corrected chi connectivity index (χ3v) is 2.27. The molecule has 0 spiro atoms. The fourth-order valence-corrected chi connectivity index (χ4v) is 1.97. The molecule has 0 aliphatic carbocycles. The zero-order valence-corrected chi connectivity index (χ0v) is 14.9. The summed E-state index contributed by atoms with van der Waals surface area (Å²) in [5.41, 5.74) is 4.67. The number of carbonyl (C=O) groups is 4. The van der Waals surface area contributed by atoms with E-state index in [1.807, 2.05) is 0 Å². The molecule has 0 aliphatic rings. The van der Waals surface area contributed by atoms with Crippen LogP contribution in [0.15, 0.2) is 0 Å². The SMILES string of the molecule is O=C(Cl)CN(CC(=O)Cl)CN(CC(=O)Cl)CC(=O)Cl.[B]B([B])N. The Hall–Kier alpha value is -0.0852. The number of nitrogens with zero attached hydrogens (tertiary/aromatic N) is 2. The van der Waals surface area contributed by atoms with Gasteiger partial charge in [0.05, 0.1) is 32.8 Å². The molecule has 124 valence electrons. The molecule has 0 aromatic carbocycles. The fraction of sp³-hybridized carbons (Fsp3) is 0.556. The van der Waals surface area contributed by atoms with Gasteiger partial charge in [0.2, 0.25) is 21.0 Å². The van der Waals surface area contributed by atoms with Gasteiger partial charge in [-0.1, -0.05) is 0 Å². The molecule has 0 aliphatic heterocycles. The predicted octanol–water partition coefficient (Wildman–Crippen LogP) is -1.12. The molecule has 23 heavy (non-hydrogen) atoms. The molecule has 0 aromatic heterocycles. The highest BCUT2D eigenvalue weighted by molar-refractivity contribution is 7.27. The van der Waals surface area contributed by atoms with Crippen molar-refractivity contribution in [2.75, 3.05) is 32.8 Å². The van der Waals surface area contributed by atoms with Gasteiger partial charge in [-0.15, -0.1) is 0 Å². The summed E-state index contributed by atoms with van der Waals surface area (Å²) >= 11 is 20.8. The van der Waals surface area contributed by atoms with Crippen LogP contribution in [0.25, 0.3) is 0 Å². The second-order valence-corrected chi connectivity index (χ2v) is 5.80. The zero-order valence-electron chi connectivity index (χ0n) is 11.9. The van der Waals surface area contributed by atoms with Gasteiger partial charge in [-0.25, -0.2) is 0 Å². The minimum absolute atomic E-state index is 0.0894. The van der Waals surface area contributed by atoms with Crippen LogP contribution >= 0.6 is 46.4 Å². The maximum Gasteiger partial charge on any atom is 0.235 e. The summed E-state index contributed by atoms with van der Waals surface area (Å²) in [6.07, 6.45) is 0. The van der Waals surface area contributed by atoms with E-state index in [1.165, 1.54) is 9.80 Å². The van der Waals surface area contributed by atoms with E-state index in [9.17, 15) is 19.2 Å². The van der Waals surface area contributed by atoms with Gasteiger partial charge in [0.25, 0.3) is 0 Å². The summed E-state index contributed by atoms with van der Waals surface area (Å²) in [5, 5.41) is -2.86. The first-order chi connectivity index (χ1) is 10.4. The average molecular weight is 400 g/mol. The van der Waals surface area contributed by atoms with Crippen molar-refractivity contribution in [3.8, 4) is 0 Å². The smallest absolute Gasteiger partial charge is 0.235 e. The summed E-state index contributed by atoms with van der Waals surface area (Å²) < 4.78 is 0. The lowest BCUT2D eigenvalue weighted by atomic mass is 9.29. The van der Waals surface area contributed by atoms with Gasteiger partial charge in [-0.2, -0.15) is 0 Å². The Balaban J connectivity index is 0. The van der Waals surface area contributed by atoms with Crippen LogP contribution in [0.3, 0.4) is 0 Å². The molecule has 2 N–H and O–H groups in total. The zero-order chi connectivity index (χ0) is 18.6. The van der Waals surface area contributed by atoms with Crippen LogP contribution in [0.2, 0.25) is 0 Å². The average Bonchev–Trinajstić information content (AvgIpc) is 2.23. The van der Waals surface area contributed by atoms with Crippen molar-refractivity contribution in [3.05, 3.63) is 0 Å². The highest BCUT2D eigenvalue weighted by Crippen LogP contribution is 2.01. The van der Waals surface area contributed by atoms with Gasteiger partial charge in [-0.05, 0) is 46.4 Å². The van der Waals surface area contributed by atoms with Gasteiger partial charge >= 0.3 is 0 Å². The second kappa shape index (κ2) is 14.3. The number of nitrogens with two attached hydrogens (primary N) is 1. The summed E-state index contributed by atoms with van der Waals surface area (Å²) in [6, 6.07) is 0. The van der Waals surface area contributed by atoms with Crippen LogP contribution in [0.1, 0.15) is 0 Å². The molecular weight excluding hydrogens is 388 g/mol. The first-order valence-electron chi connectivity index (χ1n) is 5.88. The predicted molar refractivity (Wildman–Crippen MR) is 92.9 cm³/mol. The highest BCUT2D eigenvalue weighted by atomic mass is 35.5. The van der Waals surface area contributed by atoms with Gasteiger partial charge in [0, 0.05) is 15.5 Å². The van der Waals surface area contributed by atoms with Gasteiger partial charge in [-0.3, -0.25) is 29.0 Å². The summed E-state index contributed by atoms with van der Waals surface area (Å²) in [7, 11) is 9.33. The lowest BCUT2D eigenvalue weighted by Crippen LogP contribution is -2.44. The summed E-state index contributed by atoms with van der Waals surface area (Å²) in [6.45, 7) is -1.85. The van der Waals surface area contributed by atoms with Crippen LogP contribution in [0, 0.1) is 0 Å². The molecule has 0 atom stereocenters. The van der Waals surface area contributed by atoms with E-state index in [2.05, 4.69) is 21.1 Å². The van der Waals surface area contributed by atoms with E-state index >= 15 is 0 Å². The first kappa shape index (κ1) is 25.2. The third kappa shape index (κ3) is 21.9. The fourth-order valence-electron chi connectivity index (χ4n) is 1.30. The van der Waals surface area contributed by atoms with Crippen LogP contribution in [-0.4, -0.2) is 85.7 Å². The molecule has 0 aromatic rings. The quantitative estimate of drug-likeness (QED) is 0.282. The van der Waals surface area contributed by atoms with Crippen molar-refractivity contribution in [3.63, 3.8) is 0 Å². The molecule has 0 unspecified atom stereocenters. The number of hydrogen-bond donors (Lipinski definition) is 1. The Labute approximate surface area is 156 Å². The van der Waals surface area contributed by atoms with Crippen molar-refractivity contribution in [2.45, 2.75) is 0 Å². The van der Waals surface area contributed by atoms with Crippen molar-refractivity contribution < 1.29 is 19.2 Å². The maximum absolute atomic E-state index is 10.8. The Morgan fingerprint density at radius 3 is 1.04 bits per heavy atom. The molecule has 0 fully saturated rings. The Morgan fingerprint density at radius 2 is 0.913 bits per heavy atom. The minimum atomic E-state index is -0.715. The molecule has 0 saturated carbocycles. The number of rotatable bonds is 10. The monoisotopic (exact) mass is 399 g/mol. The lowest BCUT2D eigenvalue weighted by molar-refractivity contribution is -0.117. The van der Waals surface area contributed by atoms with Crippen molar-refractivity contribution in [1.82, 2.24) is 9.80 Å². The molecule has 0 bridgehead atoms. The topological polar surface area (TPSA) is 101 Å². The summed E-state index contributed by atoms with van der Waals surface area (Å²) in [5.74, 6) is 0. The molecule has 14 heteroatoms. The molecule has 0 rings (SSSR count). The number of carbonyl (C=O) groups excluding carboxylic acids is 4. The van der Waals surface area contributed by atoms with Crippen molar-refractivity contribution in [1.29, 1.82) is 0 Å². The van der Waals surface area contributed by atoms with Crippen molar-refractivity contribution in [2.24, 2.45) is 5.64 Å². The Morgan fingerprint density at radius 1 is 0.739 bits per heavy atom. The molecule has 0 saturated heterocycles. The molecule has 0 amide bonds. The van der Waals surface area contributed by atoms with E-state index in [0.717, 1.165) is 0 Å². The standard InChI is InChI=1S/C9H10Cl4N2O4.B3H2N/c10-6(16)1-14(2-7(11)17)5-15(3-8(12)18)4-9(13)19;1-3(2)4/h1-5H2;4H2. The normalized spacial score (nSPS) is 10.0. The van der Waals surface area contributed by atoms with Crippen LogP contribution < -0.4 is 5.64 Å². The third-order valence-electron chi connectivity index (χ3n) is 1.79. The minimum Gasteiger partial charge on any atom is -0.385 e. The summed E-state index contributed by atoms with van der Waals surface area (Å²) in [4.78, 5) is 45.8. The van der Waals surface area contributed by atoms with Gasteiger partial charge in [0.15, 0.2) is 0 Å². The lowest BCUT2D eigenvalue weighted by Gasteiger charge is -2.26. The van der Waals surface area contributed by atoms with E-state index in [0.29, 0.717) is 0 Å². The first-order valence-corrected chi connectivity index (χ1v) is 7.40. The van der Waals surface area contributed by atoms with E-state index in [1.54, 1.807) is 0 Å². The van der Waals surface area contributed by atoms with Crippen LogP contribution in [0.5, 0.6) is 0 Å².